The van der Waals surface area contributed by atoms with Gasteiger partial charge >= 0.3 is 0 Å². The molecule has 1 unspecified atom stereocenters. The second-order valence-corrected chi connectivity index (χ2v) is 6.39. The van der Waals surface area contributed by atoms with Crippen molar-refractivity contribution in [3.05, 3.63) is 23.8 Å². The van der Waals surface area contributed by atoms with Crippen molar-refractivity contribution < 1.29 is 19.1 Å². The van der Waals surface area contributed by atoms with E-state index >= 15 is 0 Å². The normalized spacial score (nSPS) is 18.0. The number of benzene rings is 1. The summed E-state index contributed by atoms with van der Waals surface area (Å²) < 4.78 is 10.6. The number of methoxy groups -OCH3 is 2. The van der Waals surface area contributed by atoms with Crippen LogP contribution in [0.2, 0.25) is 0 Å². The monoisotopic (exact) mass is 349 g/mol. The van der Waals surface area contributed by atoms with Gasteiger partial charge in [-0.05, 0) is 31.5 Å². The van der Waals surface area contributed by atoms with E-state index in [9.17, 15) is 9.59 Å². The van der Waals surface area contributed by atoms with Crippen molar-refractivity contribution in [2.24, 2.45) is 0 Å². The molecule has 1 aliphatic rings. The number of amides is 2. The lowest BCUT2D eigenvalue weighted by atomic mass is 10.1. The SMILES string of the molecule is COc1ccc(CN2CCNC(=O)C2CC(=O)NC(C)C)cc1OC. The predicted octanol–water partition coefficient (Wildman–Crippen LogP) is 0.919. The number of nitrogens with zero attached hydrogens (tertiary/aromatic N) is 1. The highest BCUT2D eigenvalue weighted by Gasteiger charge is 2.31. The Kier molecular flexibility index (Phi) is 6.64. The van der Waals surface area contributed by atoms with Crippen molar-refractivity contribution in [3.8, 4) is 11.5 Å². The highest BCUT2D eigenvalue weighted by atomic mass is 16.5. The maximum Gasteiger partial charge on any atom is 0.237 e. The molecule has 1 heterocycles. The van der Waals surface area contributed by atoms with Crippen LogP contribution in [0.3, 0.4) is 0 Å². The maximum atomic E-state index is 12.3. The van der Waals surface area contributed by atoms with Crippen molar-refractivity contribution in [3.63, 3.8) is 0 Å². The largest absolute Gasteiger partial charge is 0.493 e. The van der Waals surface area contributed by atoms with E-state index in [1.807, 2.05) is 36.9 Å². The third kappa shape index (κ3) is 5.09. The minimum Gasteiger partial charge on any atom is -0.493 e. The molecule has 2 rings (SSSR count). The molecule has 7 heteroatoms. The van der Waals surface area contributed by atoms with Gasteiger partial charge in [0.2, 0.25) is 11.8 Å². The molecule has 0 saturated carbocycles. The summed E-state index contributed by atoms with van der Waals surface area (Å²) in [6.45, 7) is 5.64. The molecule has 1 atom stereocenters. The van der Waals surface area contributed by atoms with Crippen LogP contribution in [0.5, 0.6) is 11.5 Å². The summed E-state index contributed by atoms with van der Waals surface area (Å²) in [5.74, 6) is 1.09. The number of carbonyl (C=O) groups is 2. The van der Waals surface area contributed by atoms with Gasteiger partial charge in [-0.25, -0.2) is 0 Å². The molecule has 0 aromatic heterocycles. The van der Waals surface area contributed by atoms with Gasteiger partial charge in [0, 0.05) is 25.7 Å². The molecule has 2 amide bonds. The smallest absolute Gasteiger partial charge is 0.237 e. The summed E-state index contributed by atoms with van der Waals surface area (Å²) in [6.07, 6.45) is 0.150. The summed E-state index contributed by atoms with van der Waals surface area (Å²) >= 11 is 0. The van der Waals surface area contributed by atoms with E-state index in [-0.39, 0.29) is 24.3 Å². The molecule has 138 valence electrons. The number of hydrogen-bond acceptors (Lipinski definition) is 5. The van der Waals surface area contributed by atoms with Gasteiger partial charge in [0.15, 0.2) is 11.5 Å². The van der Waals surface area contributed by atoms with Crippen molar-refractivity contribution >= 4 is 11.8 Å². The molecule has 1 aliphatic heterocycles. The van der Waals surface area contributed by atoms with E-state index in [1.165, 1.54) is 0 Å². The fourth-order valence-electron chi connectivity index (χ4n) is 2.94. The van der Waals surface area contributed by atoms with Gasteiger partial charge in [0.05, 0.1) is 26.7 Å². The van der Waals surface area contributed by atoms with Crippen LogP contribution in [0.25, 0.3) is 0 Å². The Morgan fingerprint density at radius 1 is 1.32 bits per heavy atom. The number of hydrogen-bond donors (Lipinski definition) is 2. The lowest BCUT2D eigenvalue weighted by molar-refractivity contribution is -0.134. The topological polar surface area (TPSA) is 79.9 Å². The minimum atomic E-state index is -0.472. The van der Waals surface area contributed by atoms with E-state index in [0.717, 1.165) is 5.56 Å². The number of ether oxygens (including phenoxy) is 2. The van der Waals surface area contributed by atoms with Gasteiger partial charge in [-0.2, -0.15) is 0 Å². The fourth-order valence-corrected chi connectivity index (χ4v) is 2.94. The standard InChI is InChI=1S/C18H27N3O4/c1-12(2)20-17(22)10-14-18(23)19-7-8-21(14)11-13-5-6-15(24-3)16(9-13)25-4/h5-6,9,12,14H,7-8,10-11H2,1-4H3,(H,19,23)(H,20,22). The molecule has 0 aliphatic carbocycles. The van der Waals surface area contributed by atoms with Crippen LogP contribution in [0.15, 0.2) is 18.2 Å². The number of rotatable bonds is 7. The minimum absolute atomic E-state index is 0.0541. The first-order chi connectivity index (χ1) is 11.9. The maximum absolute atomic E-state index is 12.3. The summed E-state index contributed by atoms with van der Waals surface area (Å²) in [4.78, 5) is 26.4. The zero-order valence-electron chi connectivity index (χ0n) is 15.3. The average molecular weight is 349 g/mol. The van der Waals surface area contributed by atoms with Gasteiger partial charge in [0.1, 0.15) is 0 Å². The first-order valence-electron chi connectivity index (χ1n) is 8.46. The van der Waals surface area contributed by atoms with Crippen LogP contribution < -0.4 is 20.1 Å². The average Bonchev–Trinajstić information content (AvgIpc) is 2.57. The summed E-state index contributed by atoms with van der Waals surface area (Å²) in [7, 11) is 3.19. The van der Waals surface area contributed by atoms with Gasteiger partial charge < -0.3 is 20.1 Å². The van der Waals surface area contributed by atoms with Crippen molar-refractivity contribution in [1.82, 2.24) is 15.5 Å². The van der Waals surface area contributed by atoms with Crippen LogP contribution in [0.4, 0.5) is 0 Å². The number of nitrogens with one attached hydrogen (secondary N) is 2. The Hall–Kier alpha value is -2.28. The van der Waals surface area contributed by atoms with E-state index in [2.05, 4.69) is 10.6 Å². The Bertz CT molecular complexity index is 618. The quantitative estimate of drug-likeness (QED) is 0.765. The lowest BCUT2D eigenvalue weighted by Crippen LogP contribution is -2.56. The van der Waals surface area contributed by atoms with Crippen LogP contribution in [0.1, 0.15) is 25.8 Å². The molecule has 25 heavy (non-hydrogen) atoms. The number of carbonyl (C=O) groups excluding carboxylic acids is 2. The Labute approximate surface area is 148 Å². The fraction of sp³-hybridized carbons (Fsp3) is 0.556. The summed E-state index contributed by atoms with van der Waals surface area (Å²) in [6, 6.07) is 5.27. The van der Waals surface area contributed by atoms with Crippen LogP contribution in [-0.2, 0) is 16.1 Å². The zero-order valence-corrected chi connectivity index (χ0v) is 15.3. The third-order valence-corrected chi connectivity index (χ3v) is 4.10. The van der Waals surface area contributed by atoms with Crippen molar-refractivity contribution in [2.75, 3.05) is 27.3 Å². The second kappa shape index (κ2) is 8.71. The molecule has 2 N–H and O–H groups in total. The second-order valence-electron chi connectivity index (χ2n) is 6.39. The Morgan fingerprint density at radius 2 is 2.04 bits per heavy atom. The third-order valence-electron chi connectivity index (χ3n) is 4.10. The molecular weight excluding hydrogens is 322 g/mol. The summed E-state index contributed by atoms with van der Waals surface area (Å²) in [5.41, 5.74) is 1.00. The first kappa shape index (κ1) is 19.1. The Morgan fingerprint density at radius 3 is 2.68 bits per heavy atom. The van der Waals surface area contributed by atoms with Crippen LogP contribution in [-0.4, -0.2) is 56.1 Å². The molecule has 1 fully saturated rings. The Balaban J connectivity index is 2.12. The van der Waals surface area contributed by atoms with Crippen LogP contribution in [0, 0.1) is 0 Å². The number of piperazine rings is 1. The highest BCUT2D eigenvalue weighted by Crippen LogP contribution is 2.28. The van der Waals surface area contributed by atoms with E-state index in [1.54, 1.807) is 14.2 Å². The zero-order chi connectivity index (χ0) is 18.4. The van der Waals surface area contributed by atoms with Gasteiger partial charge in [0.25, 0.3) is 0 Å². The molecule has 0 spiro atoms. The molecule has 7 nitrogen and oxygen atoms in total. The lowest BCUT2D eigenvalue weighted by Gasteiger charge is -2.35. The van der Waals surface area contributed by atoms with E-state index in [0.29, 0.717) is 31.1 Å². The van der Waals surface area contributed by atoms with Gasteiger partial charge in [-0.3, -0.25) is 14.5 Å². The first-order valence-corrected chi connectivity index (χ1v) is 8.46. The van der Waals surface area contributed by atoms with Crippen LogP contribution >= 0.6 is 0 Å². The highest BCUT2D eigenvalue weighted by molar-refractivity contribution is 5.88. The molecule has 1 aromatic carbocycles. The van der Waals surface area contributed by atoms with Gasteiger partial charge in [-0.1, -0.05) is 6.07 Å². The molecule has 1 aromatic rings. The molecule has 1 saturated heterocycles. The molecule has 0 radical (unpaired) electrons. The van der Waals surface area contributed by atoms with Crippen molar-refractivity contribution in [2.45, 2.75) is 38.9 Å². The van der Waals surface area contributed by atoms with Crippen molar-refractivity contribution in [1.29, 1.82) is 0 Å². The predicted molar refractivity (Wildman–Crippen MR) is 94.6 cm³/mol. The van der Waals surface area contributed by atoms with Gasteiger partial charge in [-0.15, -0.1) is 0 Å². The van der Waals surface area contributed by atoms with E-state index in [4.69, 9.17) is 9.47 Å². The van der Waals surface area contributed by atoms with E-state index < -0.39 is 6.04 Å². The molecular formula is C18H27N3O4. The molecule has 0 bridgehead atoms. The summed E-state index contributed by atoms with van der Waals surface area (Å²) in [5, 5.41) is 5.69.